The lowest BCUT2D eigenvalue weighted by Gasteiger charge is -2.26. The molecule has 2 unspecified atom stereocenters. The van der Waals surface area contributed by atoms with Crippen LogP contribution in [-0.4, -0.2) is 37.9 Å². The number of benzene rings is 1. The molecule has 1 heterocycles. The topological polar surface area (TPSA) is 59.0 Å². The molecule has 1 aromatic carbocycles. The second kappa shape index (κ2) is 5.48. The Bertz CT molecular complexity index is 475. The highest BCUT2D eigenvalue weighted by molar-refractivity contribution is 5.98. The number of aliphatic hydroxyl groups excluding tert-OH is 1. The number of nitrogens with zero attached hydrogens (tertiary/aromatic N) is 1. The molecule has 0 radical (unpaired) electrons. The molecule has 0 aromatic heterocycles. The SMILES string of the molecule is COc1ccc(OC)c(N2C(=O)CC(CO)C2C)c1. The van der Waals surface area contributed by atoms with E-state index in [9.17, 15) is 9.90 Å². The number of rotatable bonds is 4. The number of carbonyl (C=O) groups excluding carboxylic acids is 1. The summed E-state index contributed by atoms with van der Waals surface area (Å²) in [6.07, 6.45) is 0.359. The van der Waals surface area contributed by atoms with E-state index in [2.05, 4.69) is 0 Å². The van der Waals surface area contributed by atoms with Crippen molar-refractivity contribution in [3.05, 3.63) is 18.2 Å². The fourth-order valence-electron chi connectivity index (χ4n) is 2.49. The van der Waals surface area contributed by atoms with Crippen LogP contribution >= 0.6 is 0 Å². The Morgan fingerprint density at radius 2 is 2.11 bits per heavy atom. The van der Waals surface area contributed by atoms with Gasteiger partial charge in [-0.25, -0.2) is 0 Å². The molecular formula is C14H19NO4. The van der Waals surface area contributed by atoms with E-state index in [4.69, 9.17) is 9.47 Å². The number of ether oxygens (including phenoxy) is 2. The van der Waals surface area contributed by atoms with Gasteiger partial charge in [0.1, 0.15) is 11.5 Å². The van der Waals surface area contributed by atoms with E-state index in [0.29, 0.717) is 23.6 Å². The minimum absolute atomic E-state index is 0.00176. The maximum Gasteiger partial charge on any atom is 0.227 e. The normalized spacial score (nSPS) is 22.7. The lowest BCUT2D eigenvalue weighted by molar-refractivity contribution is -0.117. The average molecular weight is 265 g/mol. The van der Waals surface area contributed by atoms with Gasteiger partial charge >= 0.3 is 0 Å². The first-order chi connectivity index (χ1) is 9.12. The molecule has 1 aliphatic heterocycles. The number of methoxy groups -OCH3 is 2. The molecule has 104 valence electrons. The Morgan fingerprint density at radius 3 is 2.63 bits per heavy atom. The van der Waals surface area contributed by atoms with Gasteiger partial charge in [0.2, 0.25) is 5.91 Å². The number of hydrogen-bond acceptors (Lipinski definition) is 4. The van der Waals surface area contributed by atoms with Gasteiger partial charge in [0, 0.05) is 31.1 Å². The first kappa shape index (κ1) is 13.7. The number of hydrogen-bond donors (Lipinski definition) is 1. The summed E-state index contributed by atoms with van der Waals surface area (Å²) in [5.41, 5.74) is 0.690. The summed E-state index contributed by atoms with van der Waals surface area (Å²) in [5, 5.41) is 9.31. The summed E-state index contributed by atoms with van der Waals surface area (Å²) in [4.78, 5) is 13.8. The van der Waals surface area contributed by atoms with E-state index in [-0.39, 0.29) is 24.5 Å². The largest absolute Gasteiger partial charge is 0.497 e. The number of anilines is 1. The molecular weight excluding hydrogens is 246 g/mol. The fourth-order valence-corrected chi connectivity index (χ4v) is 2.49. The highest BCUT2D eigenvalue weighted by atomic mass is 16.5. The van der Waals surface area contributed by atoms with Crippen LogP contribution in [0.3, 0.4) is 0 Å². The fraction of sp³-hybridized carbons (Fsp3) is 0.500. The summed E-state index contributed by atoms with van der Waals surface area (Å²) in [5.74, 6) is 1.25. The zero-order valence-corrected chi connectivity index (χ0v) is 11.4. The van der Waals surface area contributed by atoms with Gasteiger partial charge in [-0.2, -0.15) is 0 Å². The van der Waals surface area contributed by atoms with Crippen LogP contribution in [0.25, 0.3) is 0 Å². The Hall–Kier alpha value is -1.75. The molecule has 1 aromatic rings. The quantitative estimate of drug-likeness (QED) is 0.895. The van der Waals surface area contributed by atoms with Crippen molar-refractivity contribution >= 4 is 11.6 Å². The number of aliphatic hydroxyl groups is 1. The van der Waals surface area contributed by atoms with Gasteiger partial charge in [-0.05, 0) is 19.1 Å². The Labute approximate surface area is 112 Å². The molecule has 2 atom stereocenters. The van der Waals surface area contributed by atoms with E-state index in [0.717, 1.165) is 0 Å². The van der Waals surface area contributed by atoms with Crippen molar-refractivity contribution in [1.29, 1.82) is 0 Å². The van der Waals surface area contributed by atoms with Crippen molar-refractivity contribution in [2.24, 2.45) is 5.92 Å². The van der Waals surface area contributed by atoms with Gasteiger partial charge in [-0.15, -0.1) is 0 Å². The summed E-state index contributed by atoms with van der Waals surface area (Å²) < 4.78 is 10.5. The molecule has 5 heteroatoms. The van der Waals surface area contributed by atoms with Gasteiger partial charge < -0.3 is 19.5 Å². The van der Waals surface area contributed by atoms with Gasteiger partial charge in [0.15, 0.2) is 0 Å². The van der Waals surface area contributed by atoms with Crippen molar-refractivity contribution in [3.63, 3.8) is 0 Å². The van der Waals surface area contributed by atoms with Crippen LogP contribution < -0.4 is 14.4 Å². The zero-order valence-electron chi connectivity index (χ0n) is 11.4. The third-order valence-corrected chi connectivity index (χ3v) is 3.68. The summed E-state index contributed by atoms with van der Waals surface area (Å²) in [7, 11) is 3.15. The van der Waals surface area contributed by atoms with Crippen LogP contribution in [0.15, 0.2) is 18.2 Å². The van der Waals surface area contributed by atoms with Crippen LogP contribution in [0.1, 0.15) is 13.3 Å². The van der Waals surface area contributed by atoms with E-state index < -0.39 is 0 Å². The lowest BCUT2D eigenvalue weighted by atomic mass is 10.0. The van der Waals surface area contributed by atoms with Crippen molar-refractivity contribution in [1.82, 2.24) is 0 Å². The van der Waals surface area contributed by atoms with Crippen LogP contribution in [0.2, 0.25) is 0 Å². The minimum Gasteiger partial charge on any atom is -0.497 e. The van der Waals surface area contributed by atoms with E-state index in [1.807, 2.05) is 6.92 Å². The average Bonchev–Trinajstić information content (AvgIpc) is 2.72. The van der Waals surface area contributed by atoms with E-state index in [1.54, 1.807) is 37.3 Å². The van der Waals surface area contributed by atoms with Gasteiger partial charge in [-0.1, -0.05) is 0 Å². The first-order valence-corrected chi connectivity index (χ1v) is 6.27. The Balaban J connectivity index is 2.42. The van der Waals surface area contributed by atoms with E-state index >= 15 is 0 Å². The summed E-state index contributed by atoms with van der Waals surface area (Å²) in [6, 6.07) is 5.29. The third kappa shape index (κ3) is 2.38. The van der Waals surface area contributed by atoms with Gasteiger partial charge in [0.05, 0.1) is 19.9 Å². The molecule has 1 fully saturated rings. The monoisotopic (exact) mass is 265 g/mol. The molecule has 2 rings (SSSR count). The highest BCUT2D eigenvalue weighted by Crippen LogP contribution is 2.38. The number of amides is 1. The molecule has 1 amide bonds. The summed E-state index contributed by atoms with van der Waals surface area (Å²) >= 11 is 0. The van der Waals surface area contributed by atoms with Crippen LogP contribution in [0.4, 0.5) is 5.69 Å². The predicted molar refractivity (Wildman–Crippen MR) is 71.7 cm³/mol. The maximum absolute atomic E-state index is 12.1. The standard InChI is InChI=1S/C14H19NO4/c1-9-10(8-16)6-14(17)15(9)12-7-11(18-2)4-5-13(12)19-3/h4-5,7,9-10,16H,6,8H2,1-3H3. The molecule has 1 aliphatic rings. The van der Waals surface area contributed by atoms with Crippen molar-refractivity contribution in [3.8, 4) is 11.5 Å². The van der Waals surface area contributed by atoms with Crippen molar-refractivity contribution in [2.45, 2.75) is 19.4 Å². The second-order valence-electron chi connectivity index (χ2n) is 4.69. The molecule has 19 heavy (non-hydrogen) atoms. The molecule has 0 bridgehead atoms. The Kier molecular flexibility index (Phi) is 3.95. The van der Waals surface area contributed by atoms with Crippen LogP contribution in [0.5, 0.6) is 11.5 Å². The first-order valence-electron chi connectivity index (χ1n) is 6.27. The van der Waals surface area contributed by atoms with Crippen molar-refractivity contribution < 1.29 is 19.4 Å². The van der Waals surface area contributed by atoms with E-state index in [1.165, 1.54) is 0 Å². The second-order valence-corrected chi connectivity index (χ2v) is 4.69. The molecule has 0 saturated carbocycles. The molecule has 1 saturated heterocycles. The lowest BCUT2D eigenvalue weighted by Crippen LogP contribution is -2.34. The maximum atomic E-state index is 12.1. The highest BCUT2D eigenvalue weighted by Gasteiger charge is 2.38. The van der Waals surface area contributed by atoms with Crippen LogP contribution in [-0.2, 0) is 4.79 Å². The molecule has 0 spiro atoms. The van der Waals surface area contributed by atoms with Gasteiger partial charge in [0.25, 0.3) is 0 Å². The number of carbonyl (C=O) groups is 1. The predicted octanol–water partition coefficient (Wildman–Crippen LogP) is 1.44. The molecule has 5 nitrogen and oxygen atoms in total. The summed E-state index contributed by atoms with van der Waals surface area (Å²) in [6.45, 7) is 1.94. The zero-order chi connectivity index (χ0) is 14.0. The van der Waals surface area contributed by atoms with Gasteiger partial charge in [-0.3, -0.25) is 4.79 Å². The van der Waals surface area contributed by atoms with Crippen LogP contribution in [0, 0.1) is 5.92 Å². The Morgan fingerprint density at radius 1 is 1.37 bits per heavy atom. The van der Waals surface area contributed by atoms with Crippen molar-refractivity contribution in [2.75, 3.05) is 25.7 Å². The molecule has 1 N–H and O–H groups in total. The molecule has 0 aliphatic carbocycles. The minimum atomic E-state index is -0.0569. The smallest absolute Gasteiger partial charge is 0.227 e. The third-order valence-electron chi connectivity index (χ3n) is 3.68.